The van der Waals surface area contributed by atoms with E-state index in [4.69, 9.17) is 0 Å². The van der Waals surface area contributed by atoms with Crippen molar-refractivity contribution in [3.63, 3.8) is 0 Å². The molecule has 6 aromatic rings. The van der Waals surface area contributed by atoms with E-state index in [0.717, 1.165) is 28.4 Å². The second kappa shape index (κ2) is 17.3. The van der Waals surface area contributed by atoms with E-state index in [1.165, 1.54) is 24.6 Å². The fraction of sp³-hybridized carbons (Fsp3) is 0.171. The fourth-order valence-electron chi connectivity index (χ4n) is 5.76. The Morgan fingerprint density at radius 2 is 1.18 bits per heavy atom. The number of aromatic nitrogens is 4. The Balaban J connectivity index is 0.000000215. The Labute approximate surface area is 319 Å². The summed E-state index contributed by atoms with van der Waals surface area (Å²) >= 11 is 0. The van der Waals surface area contributed by atoms with Gasteiger partial charge < -0.3 is 10.6 Å². The van der Waals surface area contributed by atoms with Gasteiger partial charge in [-0.15, -0.1) is 0 Å². The molecule has 0 saturated carbocycles. The number of ketones is 2. The largest absolute Gasteiger partial charge is 0.350 e. The number of carbonyl (C=O) groups is 2. The molecule has 0 fully saturated rings. The number of nitro benzene ring substituents is 1. The summed E-state index contributed by atoms with van der Waals surface area (Å²) in [4.78, 5) is 60.9. The zero-order chi connectivity index (χ0) is 40.7. The third-order valence-electron chi connectivity index (χ3n) is 8.57. The second-order valence-electron chi connectivity index (χ2n) is 12.4. The summed E-state index contributed by atoms with van der Waals surface area (Å²) in [6.45, 7) is 8.37. The molecule has 0 radical (unpaired) electrons. The normalized spacial score (nSPS) is 10.6. The molecule has 2 N–H and O–H groups in total. The van der Waals surface area contributed by atoms with Crippen LogP contribution in [0.1, 0.15) is 54.0 Å². The van der Waals surface area contributed by atoms with Crippen LogP contribution in [0.4, 0.5) is 37.2 Å². The number of anilines is 4. The Morgan fingerprint density at radius 1 is 0.696 bits per heavy atom. The predicted octanol–water partition coefficient (Wildman–Crippen LogP) is 8.25. The molecule has 4 aromatic carbocycles. The molecule has 13 nitrogen and oxygen atoms in total. The summed E-state index contributed by atoms with van der Waals surface area (Å²) < 4.78 is 30.7. The molecule has 6 rings (SSSR count). The first-order valence-corrected chi connectivity index (χ1v) is 17.4. The maximum Gasteiger partial charge on any atom is 0.291 e. The van der Waals surface area contributed by atoms with Crippen LogP contribution in [-0.2, 0) is 13.1 Å². The quantitative estimate of drug-likeness (QED) is 0.0744. The maximum absolute atomic E-state index is 14.3. The van der Waals surface area contributed by atoms with Gasteiger partial charge in [0, 0.05) is 42.0 Å². The lowest BCUT2D eigenvalue weighted by Gasteiger charge is -2.16. The number of rotatable bonds is 11. The number of halogens is 2. The van der Waals surface area contributed by atoms with Crippen molar-refractivity contribution in [1.29, 1.82) is 0 Å². The fourth-order valence-corrected chi connectivity index (χ4v) is 5.76. The summed E-state index contributed by atoms with van der Waals surface area (Å²) in [7, 11) is 0. The molecular formula is C41H37F2N7O6. The summed E-state index contributed by atoms with van der Waals surface area (Å²) in [5, 5.41) is 25.2. The van der Waals surface area contributed by atoms with Crippen molar-refractivity contribution >= 4 is 40.0 Å². The Hall–Kier alpha value is -7.16. The van der Waals surface area contributed by atoms with Crippen LogP contribution >= 0.6 is 0 Å². The van der Waals surface area contributed by atoms with Crippen LogP contribution in [0.15, 0.2) is 107 Å². The van der Waals surface area contributed by atoms with E-state index in [1.807, 2.05) is 30.3 Å². The number of nitrogens with zero attached hydrogens (tertiary/aromatic N) is 5. The first-order chi connectivity index (χ1) is 26.7. The van der Waals surface area contributed by atoms with Gasteiger partial charge in [0.2, 0.25) is 0 Å². The van der Waals surface area contributed by atoms with Gasteiger partial charge in [-0.05, 0) is 58.4 Å². The van der Waals surface area contributed by atoms with E-state index in [0.29, 0.717) is 29.1 Å². The summed E-state index contributed by atoms with van der Waals surface area (Å²) in [6, 6.07) is 25.5. The lowest BCUT2D eigenvalue weighted by Crippen LogP contribution is -2.28. The van der Waals surface area contributed by atoms with Gasteiger partial charge in [0.05, 0.1) is 21.7 Å². The maximum atomic E-state index is 14.3. The van der Waals surface area contributed by atoms with E-state index in [1.54, 1.807) is 63.2 Å². The summed E-state index contributed by atoms with van der Waals surface area (Å²) in [6.07, 6.45) is 0. The third kappa shape index (κ3) is 8.62. The van der Waals surface area contributed by atoms with Crippen LogP contribution in [0.5, 0.6) is 0 Å². The summed E-state index contributed by atoms with van der Waals surface area (Å²) in [5.41, 5.74) is 1.27. The number of hydrogen-bond acceptors (Lipinski definition) is 10. The minimum Gasteiger partial charge on any atom is -0.350 e. The molecule has 56 heavy (non-hydrogen) atoms. The average molecular weight is 762 g/mol. The van der Waals surface area contributed by atoms with E-state index in [9.17, 15) is 38.1 Å². The number of hydrogen-bond donors (Lipinski definition) is 2. The van der Waals surface area contributed by atoms with Crippen LogP contribution < -0.4 is 21.8 Å². The molecule has 286 valence electrons. The monoisotopic (exact) mass is 761 g/mol. The Bertz CT molecular complexity index is 2580. The molecule has 0 aliphatic rings. The number of Topliss-reactive ketones (excluding diaryl/α,β-unsaturated/α-hetero) is 2. The van der Waals surface area contributed by atoms with Gasteiger partial charge in [-0.3, -0.25) is 29.3 Å². The predicted molar refractivity (Wildman–Crippen MR) is 210 cm³/mol. The Morgan fingerprint density at radius 3 is 1.61 bits per heavy atom. The molecule has 2 aromatic heterocycles. The van der Waals surface area contributed by atoms with Crippen LogP contribution in [0, 0.1) is 28.7 Å². The van der Waals surface area contributed by atoms with Crippen molar-refractivity contribution in [3.05, 3.63) is 156 Å². The smallest absolute Gasteiger partial charge is 0.291 e. The van der Waals surface area contributed by atoms with Gasteiger partial charge in [0.15, 0.2) is 11.6 Å². The lowest BCUT2D eigenvalue weighted by molar-refractivity contribution is -0.384. The molecule has 0 amide bonds. The second-order valence-corrected chi connectivity index (χ2v) is 12.4. The summed E-state index contributed by atoms with van der Waals surface area (Å²) in [5.74, 6) is -1.94. The zero-order valence-corrected chi connectivity index (χ0v) is 31.1. The van der Waals surface area contributed by atoms with Gasteiger partial charge in [-0.25, -0.2) is 18.1 Å². The number of nitro groups is 1. The van der Waals surface area contributed by atoms with Gasteiger partial charge in [0.25, 0.3) is 16.8 Å². The van der Waals surface area contributed by atoms with Crippen molar-refractivity contribution < 1.29 is 23.3 Å². The van der Waals surface area contributed by atoms with E-state index in [2.05, 4.69) is 20.8 Å². The number of nitrogens with one attached hydrogen (secondary N) is 2. The molecule has 15 heteroatoms. The molecule has 0 aliphatic heterocycles. The molecule has 0 bridgehead atoms. The van der Waals surface area contributed by atoms with Gasteiger partial charge in [-0.2, -0.15) is 10.2 Å². The average Bonchev–Trinajstić information content (AvgIpc) is 3.18. The van der Waals surface area contributed by atoms with Crippen molar-refractivity contribution in [2.45, 2.75) is 47.7 Å². The number of aryl methyl sites for hydroxylation is 3. The van der Waals surface area contributed by atoms with E-state index < -0.39 is 33.5 Å². The van der Waals surface area contributed by atoms with Crippen molar-refractivity contribution in [2.75, 3.05) is 10.6 Å². The molecule has 0 spiro atoms. The minimum atomic E-state index is -0.800. The molecule has 0 atom stereocenters. The zero-order valence-electron chi connectivity index (χ0n) is 31.1. The molecule has 0 aliphatic carbocycles. The van der Waals surface area contributed by atoms with Crippen LogP contribution in [-0.4, -0.2) is 36.1 Å². The van der Waals surface area contributed by atoms with Crippen molar-refractivity contribution in [1.82, 2.24) is 19.6 Å². The topological polar surface area (TPSA) is 171 Å². The minimum absolute atomic E-state index is 0.0168. The van der Waals surface area contributed by atoms with Gasteiger partial charge in [-0.1, -0.05) is 66.7 Å². The van der Waals surface area contributed by atoms with Crippen LogP contribution in [0.3, 0.4) is 0 Å². The highest BCUT2D eigenvalue weighted by Crippen LogP contribution is 2.31. The standard InChI is InChI=1S/C21H20FN3O2.C20H17FN4O4/c1-4-25-21(27)20(23-16-11-10-13(2)17(22)12-16)18(14(3)26)19(24-25)15-8-6-5-7-9-15;1-3-24-20(27)19(22-16-11-14(25(28)29)9-10-15(16)21)17(12(2)26)18(23-24)13-7-5-4-6-8-13/h5-12,23H,4H2,1-3H3;4-11,22H,3H2,1-2H3. The van der Waals surface area contributed by atoms with E-state index in [-0.39, 0.29) is 51.9 Å². The highest BCUT2D eigenvalue weighted by Gasteiger charge is 2.24. The van der Waals surface area contributed by atoms with Gasteiger partial charge in [0.1, 0.15) is 34.4 Å². The molecular weight excluding hydrogens is 724 g/mol. The number of carbonyl (C=O) groups excluding carboxylic acids is 2. The third-order valence-corrected chi connectivity index (χ3v) is 8.57. The number of benzene rings is 4. The molecule has 2 heterocycles. The Kier molecular flexibility index (Phi) is 12.4. The molecule has 0 saturated heterocycles. The van der Waals surface area contributed by atoms with Crippen LogP contribution in [0.25, 0.3) is 22.5 Å². The lowest BCUT2D eigenvalue weighted by atomic mass is 10.0. The highest BCUT2D eigenvalue weighted by molar-refractivity contribution is 6.06. The van der Waals surface area contributed by atoms with E-state index >= 15 is 0 Å². The molecule has 0 unspecified atom stereocenters. The van der Waals surface area contributed by atoms with Gasteiger partial charge >= 0.3 is 0 Å². The van der Waals surface area contributed by atoms with Crippen LogP contribution in [0.2, 0.25) is 0 Å². The first-order valence-electron chi connectivity index (χ1n) is 17.4. The SMILES string of the molecule is CCn1nc(-c2ccccc2)c(C(C)=O)c(Nc2cc([N+](=O)[O-])ccc2F)c1=O.CCn1nc(-c2ccccc2)c(C(C)=O)c(Nc2ccc(C)c(F)c2)c1=O. The van der Waals surface area contributed by atoms with Crippen molar-refractivity contribution in [3.8, 4) is 22.5 Å². The van der Waals surface area contributed by atoms with Crippen molar-refractivity contribution in [2.24, 2.45) is 0 Å². The first kappa shape index (κ1) is 40.0. The number of non-ortho nitro benzene ring substituents is 1. The highest BCUT2D eigenvalue weighted by atomic mass is 19.1.